The molecule has 0 spiro atoms. The minimum atomic E-state index is -0.117. The Hall–Kier alpha value is -1.57. The Morgan fingerprint density at radius 3 is 2.43 bits per heavy atom. The predicted molar refractivity (Wildman–Crippen MR) is 125 cm³/mol. The molecule has 4 aliphatic carbocycles. The van der Waals surface area contributed by atoms with E-state index in [0.29, 0.717) is 17.1 Å². The van der Waals surface area contributed by atoms with E-state index in [9.17, 15) is 4.79 Å². The number of fused-ring (bicyclic) bond motifs is 5. The minimum absolute atomic E-state index is 0.117. The first-order valence-corrected chi connectivity index (χ1v) is 12.4. The van der Waals surface area contributed by atoms with Crippen molar-refractivity contribution in [1.29, 1.82) is 0 Å². The van der Waals surface area contributed by atoms with Crippen LogP contribution in [0.5, 0.6) is 0 Å². The fraction of sp³-hybridized carbons (Fsp3) is 0.679. The molecule has 2 heteroatoms. The summed E-state index contributed by atoms with van der Waals surface area (Å²) in [4.78, 5) is 15.7. The van der Waals surface area contributed by atoms with Crippen molar-refractivity contribution in [3.63, 3.8) is 0 Å². The molecule has 4 fully saturated rings. The van der Waals surface area contributed by atoms with Crippen LogP contribution in [-0.4, -0.2) is 19.9 Å². The SMILES string of the molecule is CN(C)c1ccc(/C=C2\CC3C4CCC5CCCC[C@@]5(C)C4CC[C@@]3(C)C2=O)cc1. The molecule has 0 bridgehead atoms. The number of carbonyl (C=O) groups excluding carboxylic acids is 1. The number of ketones is 1. The third kappa shape index (κ3) is 3.00. The van der Waals surface area contributed by atoms with E-state index >= 15 is 0 Å². The van der Waals surface area contributed by atoms with E-state index in [2.05, 4.69) is 63.2 Å². The van der Waals surface area contributed by atoms with Crippen molar-refractivity contribution in [1.82, 2.24) is 0 Å². The smallest absolute Gasteiger partial charge is 0.165 e. The van der Waals surface area contributed by atoms with Gasteiger partial charge in [0.2, 0.25) is 0 Å². The highest BCUT2D eigenvalue weighted by molar-refractivity contribution is 6.06. The molecule has 4 saturated carbocycles. The van der Waals surface area contributed by atoms with E-state index in [4.69, 9.17) is 0 Å². The van der Waals surface area contributed by atoms with Crippen LogP contribution in [-0.2, 0) is 4.79 Å². The molecule has 30 heavy (non-hydrogen) atoms. The molecule has 0 aromatic heterocycles. The average Bonchev–Trinajstić information content (AvgIpc) is 2.98. The van der Waals surface area contributed by atoms with Crippen LogP contribution in [0.25, 0.3) is 6.08 Å². The van der Waals surface area contributed by atoms with Crippen LogP contribution in [0.2, 0.25) is 0 Å². The van der Waals surface area contributed by atoms with E-state index in [1.165, 1.54) is 56.2 Å². The fourth-order valence-electron chi connectivity index (χ4n) is 8.16. The zero-order valence-electron chi connectivity index (χ0n) is 19.4. The number of allylic oxidation sites excluding steroid dienone is 1. The maximum atomic E-state index is 13.6. The zero-order chi connectivity index (χ0) is 21.1. The first kappa shape index (κ1) is 20.3. The van der Waals surface area contributed by atoms with Gasteiger partial charge in [-0.05, 0) is 103 Å². The van der Waals surface area contributed by atoms with Crippen LogP contribution < -0.4 is 4.90 Å². The highest BCUT2D eigenvalue weighted by atomic mass is 16.1. The van der Waals surface area contributed by atoms with Gasteiger partial charge in [0.1, 0.15) is 0 Å². The maximum Gasteiger partial charge on any atom is 0.165 e. The Morgan fingerprint density at radius 1 is 0.933 bits per heavy atom. The van der Waals surface area contributed by atoms with E-state index in [-0.39, 0.29) is 5.41 Å². The highest BCUT2D eigenvalue weighted by Crippen LogP contribution is 2.66. The molecule has 4 aliphatic rings. The number of anilines is 1. The molecule has 4 unspecified atom stereocenters. The number of carbonyl (C=O) groups is 1. The summed E-state index contributed by atoms with van der Waals surface area (Å²) in [6.07, 6.45) is 14.1. The molecule has 162 valence electrons. The molecule has 6 atom stereocenters. The summed E-state index contributed by atoms with van der Waals surface area (Å²) in [7, 11) is 4.13. The van der Waals surface area contributed by atoms with Crippen molar-refractivity contribution >= 4 is 17.5 Å². The lowest BCUT2D eigenvalue weighted by Crippen LogP contribution is -2.52. The number of benzene rings is 1. The Balaban J connectivity index is 1.42. The number of hydrogen-bond acceptors (Lipinski definition) is 2. The zero-order valence-corrected chi connectivity index (χ0v) is 19.4. The lowest BCUT2D eigenvalue weighted by atomic mass is 9.45. The van der Waals surface area contributed by atoms with Gasteiger partial charge in [0, 0.05) is 25.2 Å². The summed E-state index contributed by atoms with van der Waals surface area (Å²) in [5, 5.41) is 0. The van der Waals surface area contributed by atoms with Crippen LogP contribution in [0.15, 0.2) is 29.8 Å². The topological polar surface area (TPSA) is 20.3 Å². The normalized spacial score (nSPS) is 41.9. The molecule has 2 nitrogen and oxygen atoms in total. The monoisotopic (exact) mass is 405 g/mol. The third-order valence-electron chi connectivity index (χ3n) is 9.97. The number of Topliss-reactive ketones (excluding diaryl/α,β-unsaturated/α-hetero) is 1. The van der Waals surface area contributed by atoms with Crippen molar-refractivity contribution < 1.29 is 4.79 Å². The van der Waals surface area contributed by atoms with Crippen molar-refractivity contribution in [2.45, 2.75) is 71.6 Å². The first-order valence-electron chi connectivity index (χ1n) is 12.4. The molecule has 0 saturated heterocycles. The lowest BCUT2D eigenvalue weighted by molar-refractivity contribution is -0.137. The summed E-state index contributed by atoms with van der Waals surface area (Å²) < 4.78 is 0. The van der Waals surface area contributed by atoms with Gasteiger partial charge < -0.3 is 4.90 Å². The Morgan fingerprint density at radius 2 is 1.70 bits per heavy atom. The largest absolute Gasteiger partial charge is 0.378 e. The summed E-state index contributed by atoms with van der Waals surface area (Å²) >= 11 is 0. The van der Waals surface area contributed by atoms with E-state index in [1.54, 1.807) is 0 Å². The Labute approximate surface area is 183 Å². The van der Waals surface area contributed by atoms with Crippen LogP contribution in [0.1, 0.15) is 77.2 Å². The van der Waals surface area contributed by atoms with Crippen LogP contribution in [0, 0.1) is 34.5 Å². The number of hydrogen-bond donors (Lipinski definition) is 0. The quantitative estimate of drug-likeness (QED) is 0.507. The molecule has 0 aliphatic heterocycles. The maximum absolute atomic E-state index is 13.6. The van der Waals surface area contributed by atoms with Crippen molar-refractivity contribution in [3.8, 4) is 0 Å². The molecular weight excluding hydrogens is 366 g/mol. The summed E-state index contributed by atoms with van der Waals surface area (Å²) in [6, 6.07) is 8.64. The molecular formula is C28H39NO. The average molecular weight is 406 g/mol. The third-order valence-corrected chi connectivity index (χ3v) is 9.97. The van der Waals surface area contributed by atoms with E-state index < -0.39 is 0 Å². The number of rotatable bonds is 2. The van der Waals surface area contributed by atoms with Gasteiger partial charge in [0.25, 0.3) is 0 Å². The molecule has 0 N–H and O–H groups in total. The molecule has 5 rings (SSSR count). The standard InChI is InChI=1S/C28H39NO/c1-27-15-6-5-7-21(27)10-13-23-24(27)14-16-28(2)25(23)18-20(26(28)30)17-19-8-11-22(12-9-19)29(3)4/h8-9,11-12,17,21,23-25H,5-7,10,13-16,18H2,1-4H3/b20-17+/t21?,23?,24?,25?,27-,28-/m1/s1. The fourth-order valence-corrected chi connectivity index (χ4v) is 8.16. The molecule has 1 aromatic carbocycles. The summed E-state index contributed by atoms with van der Waals surface area (Å²) in [6.45, 7) is 4.93. The van der Waals surface area contributed by atoms with Gasteiger partial charge in [-0.1, -0.05) is 38.8 Å². The predicted octanol–water partition coefficient (Wildman–Crippen LogP) is 6.75. The van der Waals surface area contributed by atoms with Crippen LogP contribution in [0.3, 0.4) is 0 Å². The van der Waals surface area contributed by atoms with Gasteiger partial charge >= 0.3 is 0 Å². The Bertz CT molecular complexity index is 852. The second-order valence-corrected chi connectivity index (χ2v) is 11.5. The summed E-state index contributed by atoms with van der Waals surface area (Å²) in [5.74, 6) is 3.57. The van der Waals surface area contributed by atoms with E-state index in [1.807, 2.05) is 0 Å². The van der Waals surface area contributed by atoms with Gasteiger partial charge in [-0.2, -0.15) is 0 Å². The van der Waals surface area contributed by atoms with Gasteiger partial charge in [0.15, 0.2) is 5.78 Å². The lowest BCUT2D eigenvalue weighted by Gasteiger charge is -2.59. The van der Waals surface area contributed by atoms with Crippen molar-refractivity contribution in [2.75, 3.05) is 19.0 Å². The Kier molecular flexibility index (Phi) is 4.91. The second-order valence-electron chi connectivity index (χ2n) is 11.5. The van der Waals surface area contributed by atoms with Crippen molar-refractivity contribution in [2.24, 2.45) is 34.5 Å². The minimum Gasteiger partial charge on any atom is -0.378 e. The molecule has 0 heterocycles. The van der Waals surface area contributed by atoms with Gasteiger partial charge in [0.05, 0.1) is 0 Å². The van der Waals surface area contributed by atoms with Crippen LogP contribution in [0.4, 0.5) is 5.69 Å². The van der Waals surface area contributed by atoms with Crippen molar-refractivity contribution in [3.05, 3.63) is 35.4 Å². The van der Waals surface area contributed by atoms with E-state index in [0.717, 1.165) is 36.2 Å². The first-order chi connectivity index (χ1) is 14.3. The number of nitrogens with zero attached hydrogens (tertiary/aromatic N) is 1. The highest BCUT2D eigenvalue weighted by Gasteiger charge is 2.60. The van der Waals surface area contributed by atoms with Crippen LogP contribution >= 0.6 is 0 Å². The van der Waals surface area contributed by atoms with Gasteiger partial charge in [-0.25, -0.2) is 0 Å². The molecule has 1 aromatic rings. The summed E-state index contributed by atoms with van der Waals surface area (Å²) in [5.41, 5.74) is 3.90. The molecule has 0 amide bonds. The molecule has 0 radical (unpaired) electrons. The van der Waals surface area contributed by atoms with Gasteiger partial charge in [-0.3, -0.25) is 4.79 Å². The second kappa shape index (κ2) is 7.24. The van der Waals surface area contributed by atoms with Gasteiger partial charge in [-0.15, -0.1) is 0 Å².